The third-order valence-corrected chi connectivity index (χ3v) is 4.04. The van der Waals surface area contributed by atoms with Crippen molar-refractivity contribution in [3.63, 3.8) is 0 Å². The molecule has 0 bridgehead atoms. The van der Waals surface area contributed by atoms with Gasteiger partial charge in [-0.3, -0.25) is 0 Å². The van der Waals surface area contributed by atoms with Crippen LogP contribution in [0.2, 0.25) is 0 Å². The molecule has 0 spiro atoms. The fourth-order valence-corrected chi connectivity index (χ4v) is 2.86. The van der Waals surface area contributed by atoms with Gasteiger partial charge in [0.25, 0.3) is 0 Å². The zero-order chi connectivity index (χ0) is 13.9. The Bertz CT molecular complexity index is 529. The van der Waals surface area contributed by atoms with Gasteiger partial charge in [-0.1, -0.05) is 6.92 Å². The molecule has 1 aromatic rings. The summed E-state index contributed by atoms with van der Waals surface area (Å²) in [6.07, 6.45) is 0.415. The highest BCUT2D eigenvalue weighted by Crippen LogP contribution is 2.20. The van der Waals surface area contributed by atoms with Crippen LogP contribution in [0.15, 0.2) is 15.4 Å². The minimum absolute atomic E-state index is 0.00677. The van der Waals surface area contributed by atoms with E-state index >= 15 is 0 Å². The monoisotopic (exact) mass is 277 g/mol. The van der Waals surface area contributed by atoms with E-state index in [1.54, 1.807) is 6.92 Å². The Kier molecular flexibility index (Phi) is 4.49. The fourth-order valence-electron chi connectivity index (χ4n) is 1.37. The minimum atomic E-state index is -3.89. The molecule has 0 fully saturated rings. The van der Waals surface area contributed by atoms with Crippen molar-refractivity contribution in [3.05, 3.63) is 17.6 Å². The van der Waals surface area contributed by atoms with E-state index in [0.717, 1.165) is 6.07 Å². The molecule has 0 saturated heterocycles. The highest BCUT2D eigenvalue weighted by atomic mass is 32.2. The maximum absolute atomic E-state index is 11.9. The Morgan fingerprint density at radius 2 is 2.17 bits per heavy atom. The van der Waals surface area contributed by atoms with E-state index in [4.69, 9.17) is 14.6 Å². The molecule has 102 valence electrons. The largest absolute Gasteiger partial charge is 0.475 e. The molecule has 1 heterocycles. The number of rotatable bonds is 6. The lowest BCUT2D eigenvalue weighted by Gasteiger charge is -2.13. The molecular formula is C10H15NO6S. The van der Waals surface area contributed by atoms with Crippen LogP contribution in [0.25, 0.3) is 0 Å². The van der Waals surface area contributed by atoms with Crippen molar-refractivity contribution in [2.24, 2.45) is 0 Å². The molecule has 7 nitrogen and oxygen atoms in total. The number of carbonyl (C=O) groups is 1. The molecule has 0 aromatic carbocycles. The highest BCUT2D eigenvalue weighted by molar-refractivity contribution is 7.89. The first-order valence-corrected chi connectivity index (χ1v) is 6.77. The molecule has 3 N–H and O–H groups in total. The van der Waals surface area contributed by atoms with Crippen LogP contribution in [0.3, 0.4) is 0 Å². The summed E-state index contributed by atoms with van der Waals surface area (Å²) in [6, 6.07) is 0.335. The van der Waals surface area contributed by atoms with Gasteiger partial charge in [0.15, 0.2) is 0 Å². The van der Waals surface area contributed by atoms with Crippen molar-refractivity contribution in [2.45, 2.75) is 31.2 Å². The van der Waals surface area contributed by atoms with Gasteiger partial charge in [0, 0.05) is 12.1 Å². The average molecular weight is 277 g/mol. The Hall–Kier alpha value is -1.38. The first-order valence-electron chi connectivity index (χ1n) is 5.28. The number of carboxylic acids is 1. The van der Waals surface area contributed by atoms with Crippen LogP contribution >= 0.6 is 0 Å². The van der Waals surface area contributed by atoms with Crippen LogP contribution < -0.4 is 4.72 Å². The average Bonchev–Trinajstić information content (AvgIpc) is 2.69. The normalized spacial score (nSPS) is 13.5. The summed E-state index contributed by atoms with van der Waals surface area (Å²) in [5.41, 5.74) is 0. The molecule has 0 aliphatic carbocycles. The third kappa shape index (κ3) is 3.09. The third-order valence-electron chi connectivity index (χ3n) is 2.41. The number of aliphatic hydroxyl groups is 1. The molecule has 0 amide bonds. The standard InChI is InChI=1S/C10H15NO6S/c1-3-7(5-12)11-18(15,16)9-4-8(10(13)14)17-6(9)2/h4,7,11-12H,3,5H2,1-2H3,(H,13,14). The lowest BCUT2D eigenvalue weighted by molar-refractivity contribution is 0.0661. The minimum Gasteiger partial charge on any atom is -0.475 e. The quantitative estimate of drug-likeness (QED) is 0.690. The second-order valence-corrected chi connectivity index (χ2v) is 5.43. The second kappa shape index (κ2) is 5.51. The SMILES string of the molecule is CCC(CO)NS(=O)(=O)c1cc(C(=O)O)oc1C. The van der Waals surface area contributed by atoms with Crippen LogP contribution in [0.1, 0.15) is 29.7 Å². The van der Waals surface area contributed by atoms with Crippen LogP contribution in [0, 0.1) is 6.92 Å². The molecule has 1 atom stereocenters. The fraction of sp³-hybridized carbons (Fsp3) is 0.500. The van der Waals surface area contributed by atoms with E-state index in [1.165, 1.54) is 6.92 Å². The van der Waals surface area contributed by atoms with Gasteiger partial charge < -0.3 is 14.6 Å². The molecule has 1 unspecified atom stereocenters. The molecule has 1 rings (SSSR count). The molecule has 1 aromatic heterocycles. The number of aromatic carboxylic acids is 1. The molecule has 0 saturated carbocycles. The van der Waals surface area contributed by atoms with Gasteiger partial charge >= 0.3 is 5.97 Å². The van der Waals surface area contributed by atoms with Gasteiger partial charge in [-0.25, -0.2) is 17.9 Å². The first kappa shape index (κ1) is 14.7. The maximum Gasteiger partial charge on any atom is 0.371 e. The van der Waals surface area contributed by atoms with Crippen LogP contribution in [0.5, 0.6) is 0 Å². The lowest BCUT2D eigenvalue weighted by atomic mass is 10.3. The zero-order valence-corrected chi connectivity index (χ0v) is 10.8. The number of sulfonamides is 1. The second-order valence-electron chi connectivity index (χ2n) is 3.75. The highest BCUT2D eigenvalue weighted by Gasteiger charge is 2.25. The molecule has 0 aliphatic rings. The zero-order valence-electron chi connectivity index (χ0n) is 10.0. The number of aryl methyl sites for hydroxylation is 1. The molecular weight excluding hydrogens is 262 g/mol. The summed E-state index contributed by atoms with van der Waals surface area (Å²) in [6.45, 7) is 2.74. The van der Waals surface area contributed by atoms with Crippen molar-refractivity contribution in [1.82, 2.24) is 4.72 Å². The topological polar surface area (TPSA) is 117 Å². The van der Waals surface area contributed by atoms with E-state index in [9.17, 15) is 13.2 Å². The van der Waals surface area contributed by atoms with E-state index in [0.29, 0.717) is 6.42 Å². The summed E-state index contributed by atoms with van der Waals surface area (Å²) >= 11 is 0. The summed E-state index contributed by atoms with van der Waals surface area (Å²) in [4.78, 5) is 10.4. The first-order chi connectivity index (χ1) is 8.31. The molecule has 18 heavy (non-hydrogen) atoms. The Morgan fingerprint density at radius 3 is 2.56 bits per heavy atom. The summed E-state index contributed by atoms with van der Waals surface area (Å²) in [5.74, 6) is -1.79. The number of furan rings is 1. The Balaban J connectivity index is 3.09. The number of carboxylic acid groups (broad SMARTS) is 1. The molecule has 8 heteroatoms. The van der Waals surface area contributed by atoms with Gasteiger partial charge in [0.05, 0.1) is 6.61 Å². The lowest BCUT2D eigenvalue weighted by Crippen LogP contribution is -2.37. The van der Waals surface area contributed by atoms with Crippen molar-refractivity contribution < 1.29 is 27.8 Å². The van der Waals surface area contributed by atoms with E-state index in [1.807, 2.05) is 0 Å². The van der Waals surface area contributed by atoms with Gasteiger partial charge in [-0.15, -0.1) is 0 Å². The smallest absolute Gasteiger partial charge is 0.371 e. The number of hydrogen-bond acceptors (Lipinski definition) is 5. The van der Waals surface area contributed by atoms with Gasteiger partial charge in [0.1, 0.15) is 10.7 Å². The van der Waals surface area contributed by atoms with E-state index < -0.39 is 27.8 Å². The summed E-state index contributed by atoms with van der Waals surface area (Å²) in [5, 5.41) is 17.7. The van der Waals surface area contributed by atoms with Crippen molar-refractivity contribution in [3.8, 4) is 0 Å². The van der Waals surface area contributed by atoms with Crippen molar-refractivity contribution >= 4 is 16.0 Å². The van der Waals surface area contributed by atoms with Crippen LogP contribution in [0.4, 0.5) is 0 Å². The van der Waals surface area contributed by atoms with Crippen LogP contribution in [-0.4, -0.2) is 37.2 Å². The van der Waals surface area contributed by atoms with Gasteiger partial charge in [-0.2, -0.15) is 0 Å². The summed E-state index contributed by atoms with van der Waals surface area (Å²) in [7, 11) is -3.89. The number of aliphatic hydroxyl groups excluding tert-OH is 1. The molecule has 0 radical (unpaired) electrons. The predicted octanol–water partition coefficient (Wildman–Crippen LogP) is 0.335. The Morgan fingerprint density at radius 1 is 1.56 bits per heavy atom. The molecule has 0 aliphatic heterocycles. The van der Waals surface area contributed by atoms with Crippen LogP contribution in [-0.2, 0) is 10.0 Å². The maximum atomic E-state index is 11.9. The predicted molar refractivity (Wildman–Crippen MR) is 61.9 cm³/mol. The Labute approximate surface area is 104 Å². The van der Waals surface area contributed by atoms with Gasteiger partial charge in [-0.05, 0) is 13.3 Å². The number of nitrogens with one attached hydrogen (secondary N) is 1. The van der Waals surface area contributed by atoms with Crippen molar-refractivity contribution in [1.29, 1.82) is 0 Å². The van der Waals surface area contributed by atoms with E-state index in [2.05, 4.69) is 4.72 Å². The summed E-state index contributed by atoms with van der Waals surface area (Å²) < 4.78 is 31.0. The number of hydrogen-bond donors (Lipinski definition) is 3. The van der Waals surface area contributed by atoms with Gasteiger partial charge in [0.2, 0.25) is 15.8 Å². The van der Waals surface area contributed by atoms with Crippen molar-refractivity contribution in [2.75, 3.05) is 6.61 Å². The van der Waals surface area contributed by atoms with E-state index in [-0.39, 0.29) is 17.3 Å².